The lowest BCUT2D eigenvalue weighted by atomic mass is 10.3. The molecule has 0 aliphatic rings. The molecule has 4 nitrogen and oxygen atoms in total. The van der Waals surface area contributed by atoms with Gasteiger partial charge in [0.05, 0.1) is 11.9 Å². The van der Waals surface area contributed by atoms with Crippen molar-refractivity contribution in [3.05, 3.63) is 34.2 Å². The molecule has 0 saturated carbocycles. The van der Waals surface area contributed by atoms with E-state index in [1.54, 1.807) is 0 Å². The van der Waals surface area contributed by atoms with Gasteiger partial charge in [0.1, 0.15) is 5.69 Å². The van der Waals surface area contributed by atoms with Crippen LogP contribution >= 0.6 is 15.9 Å². The van der Waals surface area contributed by atoms with Gasteiger partial charge < -0.3 is 4.98 Å². The van der Waals surface area contributed by atoms with Crippen LogP contribution in [-0.2, 0) is 0 Å². The van der Waals surface area contributed by atoms with E-state index in [4.69, 9.17) is 0 Å². The minimum Gasteiger partial charge on any atom is -0.334 e. The average Bonchev–Trinajstić information content (AvgIpc) is 2.70. The highest BCUT2D eigenvalue weighted by atomic mass is 79.9. The Bertz CT molecular complexity index is 507. The lowest BCUT2D eigenvalue weighted by Crippen LogP contribution is -1.90. The zero-order valence-electron chi connectivity index (χ0n) is 7.99. The number of hydrogen-bond donors (Lipinski definition) is 1. The van der Waals surface area contributed by atoms with E-state index in [0.717, 1.165) is 16.5 Å². The SMILES string of the molecule is Cc1ccc(Br)c(-c2ncc(C=O)[nH]2)n1. The third-order valence-electron chi connectivity index (χ3n) is 1.93. The van der Waals surface area contributed by atoms with Crippen molar-refractivity contribution in [2.75, 3.05) is 0 Å². The van der Waals surface area contributed by atoms with Gasteiger partial charge in [0.25, 0.3) is 0 Å². The number of hydrogen-bond acceptors (Lipinski definition) is 3. The number of pyridine rings is 1. The number of aromatic amines is 1. The molecule has 0 saturated heterocycles. The summed E-state index contributed by atoms with van der Waals surface area (Å²) in [5, 5.41) is 0. The fraction of sp³-hybridized carbons (Fsp3) is 0.100. The molecule has 0 aliphatic carbocycles. The van der Waals surface area contributed by atoms with Crippen LogP contribution in [0.2, 0.25) is 0 Å². The lowest BCUT2D eigenvalue weighted by molar-refractivity contribution is 0.111. The Kier molecular flexibility index (Phi) is 2.64. The highest BCUT2D eigenvalue weighted by molar-refractivity contribution is 9.10. The quantitative estimate of drug-likeness (QED) is 0.849. The molecule has 0 atom stereocenters. The molecule has 0 fully saturated rings. The Morgan fingerprint density at radius 3 is 2.93 bits per heavy atom. The first-order valence-corrected chi connectivity index (χ1v) is 5.13. The zero-order valence-corrected chi connectivity index (χ0v) is 9.58. The molecule has 2 rings (SSSR count). The summed E-state index contributed by atoms with van der Waals surface area (Å²) in [5.41, 5.74) is 2.06. The van der Waals surface area contributed by atoms with Gasteiger partial charge in [0.15, 0.2) is 12.1 Å². The Labute approximate surface area is 94.9 Å². The Balaban J connectivity index is 2.52. The highest BCUT2D eigenvalue weighted by Gasteiger charge is 2.08. The number of halogens is 1. The third kappa shape index (κ3) is 1.97. The Morgan fingerprint density at radius 2 is 2.27 bits per heavy atom. The Hall–Kier alpha value is -1.49. The van der Waals surface area contributed by atoms with Crippen LogP contribution in [0.3, 0.4) is 0 Å². The van der Waals surface area contributed by atoms with Gasteiger partial charge in [-0.2, -0.15) is 0 Å². The van der Waals surface area contributed by atoms with Crippen LogP contribution in [0.5, 0.6) is 0 Å². The highest BCUT2D eigenvalue weighted by Crippen LogP contribution is 2.23. The van der Waals surface area contributed by atoms with Gasteiger partial charge in [0, 0.05) is 10.2 Å². The summed E-state index contributed by atoms with van der Waals surface area (Å²) in [5.74, 6) is 0.590. The molecule has 0 bridgehead atoms. The molecule has 5 heteroatoms. The number of aryl methyl sites for hydroxylation is 1. The number of aromatic nitrogens is 3. The standard InChI is InChI=1S/C10H8BrN3O/c1-6-2-3-8(11)9(13-6)10-12-4-7(5-15)14-10/h2-5H,1H3,(H,12,14). The first-order valence-electron chi connectivity index (χ1n) is 4.34. The fourth-order valence-electron chi connectivity index (χ4n) is 1.22. The molecule has 0 amide bonds. The van der Waals surface area contributed by atoms with E-state index < -0.39 is 0 Å². The summed E-state index contributed by atoms with van der Waals surface area (Å²) in [6.07, 6.45) is 2.21. The summed E-state index contributed by atoms with van der Waals surface area (Å²) >= 11 is 3.39. The van der Waals surface area contributed by atoms with Gasteiger partial charge in [-0.25, -0.2) is 9.97 Å². The third-order valence-corrected chi connectivity index (χ3v) is 2.57. The molecule has 2 heterocycles. The number of carbonyl (C=O) groups is 1. The number of nitrogens with zero attached hydrogens (tertiary/aromatic N) is 2. The summed E-state index contributed by atoms with van der Waals surface area (Å²) < 4.78 is 0.847. The number of rotatable bonds is 2. The second-order valence-electron chi connectivity index (χ2n) is 3.09. The summed E-state index contributed by atoms with van der Waals surface area (Å²) in [6.45, 7) is 1.90. The molecule has 1 N–H and O–H groups in total. The first-order chi connectivity index (χ1) is 7.20. The number of H-pyrrole nitrogens is 1. The normalized spacial score (nSPS) is 10.3. The van der Waals surface area contributed by atoms with Crippen molar-refractivity contribution in [3.63, 3.8) is 0 Å². The van der Waals surface area contributed by atoms with Gasteiger partial charge in [-0.3, -0.25) is 4.79 Å². The number of nitrogens with one attached hydrogen (secondary N) is 1. The predicted octanol–water partition coefficient (Wildman–Crippen LogP) is 2.36. The molecule has 0 radical (unpaired) electrons. The maximum absolute atomic E-state index is 10.5. The van der Waals surface area contributed by atoms with Crippen molar-refractivity contribution in [1.29, 1.82) is 0 Å². The van der Waals surface area contributed by atoms with Crippen LogP contribution in [0.4, 0.5) is 0 Å². The molecule has 0 aromatic carbocycles. The maximum Gasteiger partial charge on any atom is 0.167 e. The van der Waals surface area contributed by atoms with E-state index in [1.165, 1.54) is 6.20 Å². The van der Waals surface area contributed by atoms with Crippen molar-refractivity contribution in [3.8, 4) is 11.5 Å². The van der Waals surface area contributed by atoms with E-state index in [2.05, 4.69) is 30.9 Å². The topological polar surface area (TPSA) is 58.6 Å². The molecular weight excluding hydrogens is 258 g/mol. The fourth-order valence-corrected chi connectivity index (χ4v) is 1.63. The van der Waals surface area contributed by atoms with Crippen molar-refractivity contribution < 1.29 is 4.79 Å². The molecule has 2 aromatic rings. The van der Waals surface area contributed by atoms with Gasteiger partial charge in [-0.15, -0.1) is 0 Å². The van der Waals surface area contributed by atoms with E-state index in [1.807, 2.05) is 19.1 Å². The summed E-state index contributed by atoms with van der Waals surface area (Å²) in [6, 6.07) is 3.80. The van der Waals surface area contributed by atoms with Crippen LogP contribution < -0.4 is 0 Å². The smallest absolute Gasteiger partial charge is 0.167 e. The molecular formula is C10H8BrN3O. The van der Waals surface area contributed by atoms with Crippen LogP contribution in [0.1, 0.15) is 16.2 Å². The first kappa shape index (κ1) is 10.0. The maximum atomic E-state index is 10.5. The lowest BCUT2D eigenvalue weighted by Gasteiger charge is -2.00. The van der Waals surface area contributed by atoms with E-state index >= 15 is 0 Å². The molecule has 0 unspecified atom stereocenters. The number of carbonyl (C=O) groups excluding carboxylic acids is 1. The summed E-state index contributed by atoms with van der Waals surface area (Å²) in [7, 11) is 0. The van der Waals surface area contributed by atoms with Crippen LogP contribution in [0, 0.1) is 6.92 Å². The number of imidazole rings is 1. The van der Waals surface area contributed by atoms with E-state index in [9.17, 15) is 4.79 Å². The van der Waals surface area contributed by atoms with Gasteiger partial charge >= 0.3 is 0 Å². The largest absolute Gasteiger partial charge is 0.334 e. The van der Waals surface area contributed by atoms with Crippen molar-refractivity contribution in [2.24, 2.45) is 0 Å². The van der Waals surface area contributed by atoms with Gasteiger partial charge in [-0.1, -0.05) is 0 Å². The van der Waals surface area contributed by atoms with Crippen molar-refractivity contribution >= 4 is 22.2 Å². The van der Waals surface area contributed by atoms with Crippen molar-refractivity contribution in [1.82, 2.24) is 15.0 Å². The molecule has 0 aliphatic heterocycles. The number of aldehydes is 1. The van der Waals surface area contributed by atoms with Gasteiger partial charge in [-0.05, 0) is 35.0 Å². The van der Waals surface area contributed by atoms with Gasteiger partial charge in [0.2, 0.25) is 0 Å². The van der Waals surface area contributed by atoms with Crippen LogP contribution in [0.25, 0.3) is 11.5 Å². The average molecular weight is 266 g/mol. The monoisotopic (exact) mass is 265 g/mol. The zero-order chi connectivity index (χ0) is 10.8. The molecule has 2 aromatic heterocycles. The molecule has 0 spiro atoms. The summed E-state index contributed by atoms with van der Waals surface area (Å²) in [4.78, 5) is 21.8. The minimum absolute atomic E-state index is 0.445. The minimum atomic E-state index is 0.445. The Morgan fingerprint density at radius 1 is 1.47 bits per heavy atom. The predicted molar refractivity (Wildman–Crippen MR) is 59.6 cm³/mol. The van der Waals surface area contributed by atoms with Crippen LogP contribution in [-0.4, -0.2) is 21.2 Å². The second kappa shape index (κ2) is 3.94. The molecule has 15 heavy (non-hydrogen) atoms. The van der Waals surface area contributed by atoms with E-state index in [-0.39, 0.29) is 0 Å². The van der Waals surface area contributed by atoms with E-state index in [0.29, 0.717) is 17.2 Å². The van der Waals surface area contributed by atoms with Crippen molar-refractivity contribution in [2.45, 2.75) is 6.92 Å². The van der Waals surface area contributed by atoms with Crippen LogP contribution in [0.15, 0.2) is 22.8 Å². The molecule has 76 valence electrons. The second-order valence-corrected chi connectivity index (χ2v) is 3.94.